The number of nitrogens with zero attached hydrogens (tertiary/aromatic N) is 1. The zero-order valence-electron chi connectivity index (χ0n) is 12.4. The third-order valence-corrected chi connectivity index (χ3v) is 4.17. The first kappa shape index (κ1) is 14.4. The highest BCUT2D eigenvalue weighted by molar-refractivity contribution is 5.36. The Morgan fingerprint density at radius 2 is 2.00 bits per heavy atom. The summed E-state index contributed by atoms with van der Waals surface area (Å²) >= 11 is 0. The van der Waals surface area contributed by atoms with Gasteiger partial charge in [-0.25, -0.2) is 0 Å². The summed E-state index contributed by atoms with van der Waals surface area (Å²) in [7, 11) is 1.72. The van der Waals surface area contributed by atoms with Gasteiger partial charge in [-0.15, -0.1) is 0 Å². The lowest BCUT2D eigenvalue weighted by molar-refractivity contribution is 0.173. The molecule has 1 aromatic carbocycles. The summed E-state index contributed by atoms with van der Waals surface area (Å²) in [5, 5.41) is 0. The Morgan fingerprint density at radius 3 is 2.58 bits per heavy atom. The number of ether oxygens (including phenoxy) is 1. The molecular weight excluding hydrogens is 236 g/mol. The Bertz CT molecular complexity index is 419. The van der Waals surface area contributed by atoms with E-state index in [1.807, 2.05) is 0 Å². The van der Waals surface area contributed by atoms with Crippen molar-refractivity contribution in [2.24, 2.45) is 5.73 Å². The fourth-order valence-corrected chi connectivity index (χ4v) is 2.67. The van der Waals surface area contributed by atoms with Crippen molar-refractivity contribution in [3.05, 3.63) is 29.3 Å². The molecule has 2 N–H and O–H groups in total. The van der Waals surface area contributed by atoms with Gasteiger partial charge in [-0.3, -0.25) is 0 Å². The van der Waals surface area contributed by atoms with Crippen molar-refractivity contribution in [2.75, 3.05) is 26.7 Å². The Kier molecular flexibility index (Phi) is 4.48. The van der Waals surface area contributed by atoms with E-state index in [0.717, 1.165) is 44.6 Å². The lowest BCUT2D eigenvalue weighted by Crippen LogP contribution is -2.48. The second-order valence-corrected chi connectivity index (χ2v) is 6.05. The van der Waals surface area contributed by atoms with Gasteiger partial charge >= 0.3 is 0 Å². The van der Waals surface area contributed by atoms with Crippen LogP contribution < -0.4 is 10.5 Å². The van der Waals surface area contributed by atoms with E-state index in [1.54, 1.807) is 7.11 Å². The van der Waals surface area contributed by atoms with Crippen LogP contribution in [0.3, 0.4) is 0 Å². The van der Waals surface area contributed by atoms with Gasteiger partial charge in [0.25, 0.3) is 0 Å². The van der Waals surface area contributed by atoms with Gasteiger partial charge in [-0.1, -0.05) is 12.1 Å². The summed E-state index contributed by atoms with van der Waals surface area (Å²) in [4.78, 5) is 2.52. The largest absolute Gasteiger partial charge is 0.496 e. The van der Waals surface area contributed by atoms with Crippen LogP contribution in [0.4, 0.5) is 0 Å². The molecule has 106 valence electrons. The molecule has 0 unspecified atom stereocenters. The monoisotopic (exact) mass is 262 g/mol. The van der Waals surface area contributed by atoms with Gasteiger partial charge in [0.05, 0.1) is 7.11 Å². The topological polar surface area (TPSA) is 38.5 Å². The van der Waals surface area contributed by atoms with Crippen molar-refractivity contribution in [3.8, 4) is 5.75 Å². The first-order chi connectivity index (χ1) is 9.00. The summed E-state index contributed by atoms with van der Waals surface area (Å²) < 4.78 is 5.29. The van der Waals surface area contributed by atoms with Crippen molar-refractivity contribution in [3.63, 3.8) is 0 Å². The Hall–Kier alpha value is -1.06. The summed E-state index contributed by atoms with van der Waals surface area (Å²) in [5.74, 6) is 0.973. The van der Waals surface area contributed by atoms with Crippen LogP contribution in [0.1, 0.15) is 30.9 Å². The molecule has 0 aliphatic carbocycles. The van der Waals surface area contributed by atoms with Crippen LogP contribution in [0.15, 0.2) is 18.2 Å². The highest BCUT2D eigenvalue weighted by atomic mass is 16.5. The van der Waals surface area contributed by atoms with E-state index in [-0.39, 0.29) is 5.54 Å². The predicted molar refractivity (Wildman–Crippen MR) is 79.7 cm³/mol. The van der Waals surface area contributed by atoms with Gasteiger partial charge in [0, 0.05) is 12.1 Å². The number of methoxy groups -OCH3 is 1. The van der Waals surface area contributed by atoms with Crippen molar-refractivity contribution in [1.82, 2.24) is 4.90 Å². The van der Waals surface area contributed by atoms with Crippen LogP contribution >= 0.6 is 0 Å². The lowest BCUT2D eigenvalue weighted by Gasteiger charge is -2.36. The van der Waals surface area contributed by atoms with E-state index >= 15 is 0 Å². The Morgan fingerprint density at radius 1 is 1.32 bits per heavy atom. The molecule has 0 aromatic heterocycles. The fraction of sp³-hybridized carbons (Fsp3) is 0.625. The molecule has 1 fully saturated rings. The summed E-state index contributed by atoms with van der Waals surface area (Å²) in [6.07, 6.45) is 3.31. The number of hydrogen-bond donors (Lipinski definition) is 1. The maximum atomic E-state index is 6.16. The maximum absolute atomic E-state index is 6.16. The summed E-state index contributed by atoms with van der Waals surface area (Å²) in [6, 6.07) is 6.47. The zero-order chi connectivity index (χ0) is 13.9. The fourth-order valence-electron chi connectivity index (χ4n) is 2.67. The van der Waals surface area contributed by atoms with Crippen LogP contribution in [0.2, 0.25) is 0 Å². The second kappa shape index (κ2) is 5.93. The first-order valence-corrected chi connectivity index (χ1v) is 7.15. The molecule has 0 spiro atoms. The summed E-state index contributed by atoms with van der Waals surface area (Å²) in [6.45, 7) is 7.65. The minimum absolute atomic E-state index is 0.0488. The number of nitrogens with two attached hydrogens (primary N) is 1. The van der Waals surface area contributed by atoms with Crippen molar-refractivity contribution in [2.45, 2.75) is 38.6 Å². The van der Waals surface area contributed by atoms with E-state index in [9.17, 15) is 0 Å². The molecule has 0 saturated carbocycles. The van der Waals surface area contributed by atoms with E-state index in [4.69, 9.17) is 10.5 Å². The van der Waals surface area contributed by atoms with Crippen LogP contribution in [0.5, 0.6) is 5.75 Å². The van der Waals surface area contributed by atoms with Crippen LogP contribution in [-0.2, 0) is 6.42 Å². The number of rotatable bonds is 4. The van der Waals surface area contributed by atoms with Gasteiger partial charge in [-0.05, 0) is 63.4 Å². The molecule has 1 aromatic rings. The molecule has 3 heteroatoms. The van der Waals surface area contributed by atoms with Gasteiger partial charge in [0.1, 0.15) is 5.75 Å². The van der Waals surface area contributed by atoms with Crippen LogP contribution in [0, 0.1) is 6.92 Å². The minimum atomic E-state index is 0.0488. The standard InChI is InChI=1S/C16H26N2O/c1-13-12-14(4-5-15(13)19-3)6-9-18-10-7-16(2,17)8-11-18/h4-5,12H,6-11,17H2,1-3H3. The predicted octanol–water partition coefficient (Wildman–Crippen LogP) is 2.36. The molecular formula is C16H26N2O. The lowest BCUT2D eigenvalue weighted by atomic mass is 9.91. The second-order valence-electron chi connectivity index (χ2n) is 6.05. The van der Waals surface area contributed by atoms with E-state index in [2.05, 4.69) is 36.9 Å². The van der Waals surface area contributed by atoms with E-state index < -0.39 is 0 Å². The molecule has 3 nitrogen and oxygen atoms in total. The highest BCUT2D eigenvalue weighted by Gasteiger charge is 2.25. The highest BCUT2D eigenvalue weighted by Crippen LogP contribution is 2.21. The summed E-state index contributed by atoms with van der Waals surface area (Å²) in [5.41, 5.74) is 8.81. The molecule has 0 atom stereocenters. The molecule has 1 aliphatic heterocycles. The van der Waals surface area contributed by atoms with E-state index in [0.29, 0.717) is 0 Å². The third-order valence-electron chi connectivity index (χ3n) is 4.17. The normalized spacial score (nSPS) is 19.4. The molecule has 1 saturated heterocycles. The van der Waals surface area contributed by atoms with Gasteiger partial charge in [-0.2, -0.15) is 0 Å². The molecule has 0 radical (unpaired) electrons. The SMILES string of the molecule is COc1ccc(CCN2CCC(C)(N)CC2)cc1C. The maximum Gasteiger partial charge on any atom is 0.121 e. The molecule has 0 amide bonds. The average molecular weight is 262 g/mol. The van der Waals surface area contributed by atoms with Gasteiger partial charge in [0.2, 0.25) is 0 Å². The number of piperidine rings is 1. The average Bonchev–Trinajstić information content (AvgIpc) is 2.38. The van der Waals surface area contributed by atoms with Crippen LogP contribution in [0.25, 0.3) is 0 Å². The minimum Gasteiger partial charge on any atom is -0.496 e. The molecule has 1 heterocycles. The van der Waals surface area contributed by atoms with Crippen molar-refractivity contribution >= 4 is 0 Å². The molecule has 1 aliphatic rings. The quantitative estimate of drug-likeness (QED) is 0.905. The Labute approximate surface area is 116 Å². The number of aryl methyl sites for hydroxylation is 1. The molecule has 2 rings (SSSR count). The third kappa shape index (κ3) is 3.95. The first-order valence-electron chi connectivity index (χ1n) is 7.15. The van der Waals surface area contributed by atoms with Crippen molar-refractivity contribution < 1.29 is 4.74 Å². The number of hydrogen-bond acceptors (Lipinski definition) is 3. The Balaban J connectivity index is 1.84. The van der Waals surface area contributed by atoms with E-state index in [1.165, 1.54) is 11.1 Å². The number of benzene rings is 1. The zero-order valence-corrected chi connectivity index (χ0v) is 12.4. The van der Waals surface area contributed by atoms with Gasteiger partial charge < -0.3 is 15.4 Å². The smallest absolute Gasteiger partial charge is 0.121 e. The van der Waals surface area contributed by atoms with Gasteiger partial charge in [0.15, 0.2) is 0 Å². The molecule has 19 heavy (non-hydrogen) atoms. The number of likely N-dealkylation sites (tertiary alicyclic amines) is 1. The van der Waals surface area contributed by atoms with Crippen LogP contribution in [-0.4, -0.2) is 37.2 Å². The molecule has 0 bridgehead atoms. The van der Waals surface area contributed by atoms with Crippen molar-refractivity contribution in [1.29, 1.82) is 0 Å².